The van der Waals surface area contributed by atoms with Crippen LogP contribution in [0.15, 0.2) is 0 Å². The van der Waals surface area contributed by atoms with E-state index in [1.54, 1.807) is 0 Å². The first-order valence-electron chi connectivity index (χ1n) is 5.90. The highest BCUT2D eigenvalue weighted by atomic mass is 16.6. The zero-order valence-electron chi connectivity index (χ0n) is 9.78. The molecule has 1 saturated heterocycles. The summed E-state index contributed by atoms with van der Waals surface area (Å²) in [6, 6.07) is 0. The molecular weight excluding hydrogens is 208 g/mol. The van der Waals surface area contributed by atoms with Gasteiger partial charge >= 0.3 is 6.09 Å². The number of aldehydes is 1. The van der Waals surface area contributed by atoms with E-state index < -0.39 is 6.09 Å². The maximum atomic E-state index is 11.3. The lowest BCUT2D eigenvalue weighted by Crippen LogP contribution is -2.47. The second kappa shape index (κ2) is 7.22. The van der Waals surface area contributed by atoms with E-state index in [4.69, 9.17) is 4.74 Å². The van der Waals surface area contributed by atoms with Crippen LogP contribution in [-0.4, -0.2) is 37.1 Å². The molecule has 0 atom stereocenters. The first kappa shape index (κ1) is 13.0. The number of hydrogen-bond donors (Lipinski definition) is 1. The molecule has 16 heavy (non-hydrogen) atoms. The minimum Gasteiger partial charge on any atom is -0.449 e. The molecule has 5 nitrogen and oxygen atoms in total. The number of unbranched alkanes of at least 4 members (excludes halogenated alkanes) is 1. The molecule has 0 unspecified atom stereocenters. The van der Waals surface area contributed by atoms with Gasteiger partial charge in [0.05, 0.1) is 6.61 Å². The van der Waals surface area contributed by atoms with Crippen molar-refractivity contribution in [1.29, 1.82) is 0 Å². The summed E-state index contributed by atoms with van der Waals surface area (Å²) in [5, 5.41) is 1.81. The van der Waals surface area contributed by atoms with E-state index in [0.717, 1.165) is 32.0 Å². The third-order valence-electron chi connectivity index (χ3n) is 2.71. The zero-order chi connectivity index (χ0) is 11.8. The van der Waals surface area contributed by atoms with Gasteiger partial charge < -0.3 is 9.53 Å². The van der Waals surface area contributed by atoms with Crippen molar-refractivity contribution >= 4 is 12.4 Å². The molecule has 0 saturated carbocycles. The number of piperidine rings is 1. The van der Waals surface area contributed by atoms with Crippen molar-refractivity contribution in [3.8, 4) is 0 Å². The fourth-order valence-corrected chi connectivity index (χ4v) is 1.62. The summed E-state index contributed by atoms with van der Waals surface area (Å²) >= 11 is 0. The number of nitrogens with zero attached hydrogens (tertiary/aromatic N) is 1. The number of ether oxygens (including phenoxy) is 1. The van der Waals surface area contributed by atoms with Gasteiger partial charge in [-0.25, -0.2) is 9.80 Å². The first-order valence-corrected chi connectivity index (χ1v) is 5.90. The van der Waals surface area contributed by atoms with Crippen LogP contribution in [0.4, 0.5) is 4.79 Å². The van der Waals surface area contributed by atoms with Crippen LogP contribution >= 0.6 is 0 Å². The number of amides is 1. The maximum Gasteiger partial charge on any atom is 0.421 e. The van der Waals surface area contributed by atoms with E-state index in [1.165, 1.54) is 0 Å². The Morgan fingerprint density at radius 1 is 1.50 bits per heavy atom. The van der Waals surface area contributed by atoms with Crippen LogP contribution in [0.5, 0.6) is 0 Å². The number of carbonyl (C=O) groups is 2. The van der Waals surface area contributed by atoms with Gasteiger partial charge in [0.2, 0.25) is 0 Å². The standard InChI is InChI=1S/C11H20N2O3/c1-2-3-8-16-11(15)12-13-6-4-10(9-14)5-7-13/h9-10H,2-8H2,1H3,(H,12,15). The van der Waals surface area contributed by atoms with E-state index in [0.29, 0.717) is 19.7 Å². The Morgan fingerprint density at radius 2 is 2.19 bits per heavy atom. The van der Waals surface area contributed by atoms with E-state index in [2.05, 4.69) is 5.43 Å². The third-order valence-corrected chi connectivity index (χ3v) is 2.71. The minimum atomic E-state index is -0.391. The molecule has 1 aliphatic rings. The smallest absolute Gasteiger partial charge is 0.421 e. The normalized spacial score (nSPS) is 18.1. The summed E-state index contributed by atoms with van der Waals surface area (Å²) in [4.78, 5) is 21.8. The van der Waals surface area contributed by atoms with E-state index >= 15 is 0 Å². The highest BCUT2D eigenvalue weighted by molar-refractivity contribution is 5.66. The number of rotatable bonds is 5. The second-order valence-electron chi connectivity index (χ2n) is 4.06. The van der Waals surface area contributed by atoms with Crippen molar-refractivity contribution in [2.45, 2.75) is 32.6 Å². The third kappa shape index (κ3) is 4.61. The van der Waals surface area contributed by atoms with Gasteiger partial charge in [-0.1, -0.05) is 13.3 Å². The lowest BCUT2D eigenvalue weighted by atomic mass is 10.00. The van der Waals surface area contributed by atoms with Crippen LogP contribution in [0.2, 0.25) is 0 Å². The molecule has 0 aromatic rings. The van der Waals surface area contributed by atoms with Crippen LogP contribution in [0.25, 0.3) is 0 Å². The molecule has 1 aliphatic heterocycles. The lowest BCUT2D eigenvalue weighted by molar-refractivity contribution is -0.112. The van der Waals surface area contributed by atoms with Gasteiger partial charge in [0.25, 0.3) is 0 Å². The van der Waals surface area contributed by atoms with E-state index in [-0.39, 0.29) is 5.92 Å². The summed E-state index contributed by atoms with van der Waals surface area (Å²) in [7, 11) is 0. The largest absolute Gasteiger partial charge is 0.449 e. The Bertz CT molecular complexity index is 225. The van der Waals surface area contributed by atoms with Crippen LogP contribution in [0.1, 0.15) is 32.6 Å². The molecule has 0 aromatic heterocycles. The van der Waals surface area contributed by atoms with Crippen molar-refractivity contribution in [2.75, 3.05) is 19.7 Å². The van der Waals surface area contributed by atoms with Crippen LogP contribution < -0.4 is 5.43 Å². The second-order valence-corrected chi connectivity index (χ2v) is 4.06. The van der Waals surface area contributed by atoms with Gasteiger partial charge in [-0.2, -0.15) is 0 Å². The summed E-state index contributed by atoms with van der Waals surface area (Å²) in [6.45, 7) is 3.94. The lowest BCUT2D eigenvalue weighted by Gasteiger charge is -2.29. The SMILES string of the molecule is CCCCOC(=O)NN1CCC(C=O)CC1. The average molecular weight is 228 g/mol. The average Bonchev–Trinajstić information content (AvgIpc) is 2.30. The van der Waals surface area contributed by atoms with E-state index in [1.807, 2.05) is 11.9 Å². The molecule has 1 N–H and O–H groups in total. The Balaban J connectivity index is 2.13. The van der Waals surface area contributed by atoms with Crippen LogP contribution in [0.3, 0.4) is 0 Å². The summed E-state index contributed by atoms with van der Waals surface area (Å²) in [6.07, 6.45) is 4.12. The predicted octanol–water partition coefficient (Wildman–Crippen LogP) is 1.34. The van der Waals surface area contributed by atoms with Gasteiger partial charge in [-0.3, -0.25) is 5.43 Å². The Labute approximate surface area is 96.1 Å². The van der Waals surface area contributed by atoms with Crippen molar-refractivity contribution in [2.24, 2.45) is 5.92 Å². The molecule has 92 valence electrons. The van der Waals surface area contributed by atoms with Crippen molar-refractivity contribution in [1.82, 2.24) is 10.4 Å². The quantitative estimate of drug-likeness (QED) is 0.570. The van der Waals surface area contributed by atoms with E-state index in [9.17, 15) is 9.59 Å². The number of nitrogens with one attached hydrogen (secondary N) is 1. The topological polar surface area (TPSA) is 58.6 Å². The van der Waals surface area contributed by atoms with Crippen LogP contribution in [-0.2, 0) is 9.53 Å². The molecule has 5 heteroatoms. The maximum absolute atomic E-state index is 11.3. The first-order chi connectivity index (χ1) is 7.76. The molecule has 1 rings (SSSR count). The molecule has 1 fully saturated rings. The van der Waals surface area contributed by atoms with Crippen molar-refractivity contribution < 1.29 is 14.3 Å². The van der Waals surface area contributed by atoms with Gasteiger partial charge in [-0.05, 0) is 19.3 Å². The van der Waals surface area contributed by atoms with Crippen molar-refractivity contribution in [3.05, 3.63) is 0 Å². The zero-order valence-corrected chi connectivity index (χ0v) is 9.78. The molecule has 0 spiro atoms. The van der Waals surface area contributed by atoms with Crippen LogP contribution in [0, 0.1) is 5.92 Å². The van der Waals surface area contributed by atoms with Gasteiger partial charge in [0.1, 0.15) is 6.29 Å². The van der Waals surface area contributed by atoms with Gasteiger partial charge in [-0.15, -0.1) is 0 Å². The van der Waals surface area contributed by atoms with Gasteiger partial charge in [0.15, 0.2) is 0 Å². The number of hydrazine groups is 1. The molecule has 0 aromatic carbocycles. The summed E-state index contributed by atoms with van der Waals surface area (Å²) < 4.78 is 4.98. The fraction of sp³-hybridized carbons (Fsp3) is 0.818. The Morgan fingerprint density at radius 3 is 2.75 bits per heavy atom. The van der Waals surface area contributed by atoms with Crippen molar-refractivity contribution in [3.63, 3.8) is 0 Å². The Kier molecular flexibility index (Phi) is 5.85. The molecule has 0 bridgehead atoms. The number of hydrogen-bond acceptors (Lipinski definition) is 4. The number of carbonyl (C=O) groups excluding carboxylic acids is 2. The predicted molar refractivity (Wildman–Crippen MR) is 59.8 cm³/mol. The van der Waals surface area contributed by atoms with Gasteiger partial charge in [0, 0.05) is 19.0 Å². The molecule has 0 aliphatic carbocycles. The fourth-order valence-electron chi connectivity index (χ4n) is 1.62. The Hall–Kier alpha value is -1.10. The summed E-state index contributed by atoms with van der Waals surface area (Å²) in [5.41, 5.74) is 2.68. The minimum absolute atomic E-state index is 0.147. The highest BCUT2D eigenvalue weighted by Gasteiger charge is 2.19. The highest BCUT2D eigenvalue weighted by Crippen LogP contribution is 2.12. The molecule has 1 amide bonds. The monoisotopic (exact) mass is 228 g/mol. The molecular formula is C11H20N2O3. The summed E-state index contributed by atoms with van der Waals surface area (Å²) in [5.74, 6) is 0.147. The molecule has 1 heterocycles. The molecule has 0 radical (unpaired) electrons.